The van der Waals surface area contributed by atoms with E-state index in [4.69, 9.17) is 0 Å². The number of hydrogen-bond acceptors (Lipinski definition) is 2. The zero-order valence-electron chi connectivity index (χ0n) is 9.22. The van der Waals surface area contributed by atoms with Crippen LogP contribution in [0.2, 0.25) is 0 Å². The molecule has 1 aliphatic carbocycles. The molecule has 0 saturated heterocycles. The highest BCUT2D eigenvalue weighted by atomic mass is 32.1. The van der Waals surface area contributed by atoms with E-state index in [9.17, 15) is 0 Å². The van der Waals surface area contributed by atoms with Gasteiger partial charge in [-0.25, -0.2) is 4.98 Å². The lowest BCUT2D eigenvalue weighted by molar-refractivity contribution is 1.21. The predicted octanol–water partition coefficient (Wildman–Crippen LogP) is 3.64. The van der Waals surface area contributed by atoms with Crippen LogP contribution in [0.1, 0.15) is 26.6 Å². The number of hydrogen-bond donors (Lipinski definition) is 0. The van der Waals surface area contributed by atoms with Gasteiger partial charge in [-0.2, -0.15) is 0 Å². The molecule has 2 aromatic rings. The Bertz CT molecular complexity index is 552. The summed E-state index contributed by atoms with van der Waals surface area (Å²) in [6.45, 7) is 6.49. The van der Waals surface area contributed by atoms with Gasteiger partial charge in [0.1, 0.15) is 0 Å². The first-order valence-electron chi connectivity index (χ1n) is 5.22. The van der Waals surface area contributed by atoms with Crippen molar-refractivity contribution in [1.29, 1.82) is 0 Å². The molecule has 0 radical (unpaired) electrons. The van der Waals surface area contributed by atoms with Crippen LogP contribution in [0.15, 0.2) is 12.1 Å². The van der Waals surface area contributed by atoms with E-state index in [0.29, 0.717) is 0 Å². The summed E-state index contributed by atoms with van der Waals surface area (Å²) in [6.07, 6.45) is 1.09. The molecule has 3 rings (SSSR count). The van der Waals surface area contributed by atoms with Crippen molar-refractivity contribution in [3.05, 3.63) is 38.7 Å². The predicted molar refractivity (Wildman–Crippen MR) is 64.6 cm³/mol. The Morgan fingerprint density at radius 3 is 2.80 bits per heavy atom. The van der Waals surface area contributed by atoms with Gasteiger partial charge in [-0.05, 0) is 37.5 Å². The number of benzene rings is 1. The van der Waals surface area contributed by atoms with Crippen molar-refractivity contribution in [1.82, 2.24) is 4.98 Å². The molecule has 15 heavy (non-hydrogen) atoms. The van der Waals surface area contributed by atoms with Crippen molar-refractivity contribution >= 4 is 11.3 Å². The molecular formula is C13H13NS. The van der Waals surface area contributed by atoms with E-state index < -0.39 is 0 Å². The van der Waals surface area contributed by atoms with Gasteiger partial charge in [0.25, 0.3) is 0 Å². The Morgan fingerprint density at radius 2 is 2.00 bits per heavy atom. The number of aryl methyl sites for hydroxylation is 2. The fraction of sp³-hybridized carbons (Fsp3) is 0.308. The minimum atomic E-state index is 1.09. The van der Waals surface area contributed by atoms with E-state index in [1.165, 1.54) is 37.8 Å². The molecule has 0 fully saturated rings. The molecule has 1 nitrogen and oxygen atoms in total. The maximum atomic E-state index is 4.62. The lowest BCUT2D eigenvalue weighted by atomic mass is 9.99. The Morgan fingerprint density at radius 1 is 1.20 bits per heavy atom. The minimum absolute atomic E-state index is 1.09. The molecule has 1 aromatic heterocycles. The van der Waals surface area contributed by atoms with Crippen LogP contribution >= 0.6 is 11.3 Å². The van der Waals surface area contributed by atoms with Crippen molar-refractivity contribution < 1.29 is 0 Å². The van der Waals surface area contributed by atoms with Crippen LogP contribution in [0.5, 0.6) is 0 Å². The zero-order chi connectivity index (χ0) is 10.6. The van der Waals surface area contributed by atoms with Crippen molar-refractivity contribution in [2.75, 3.05) is 0 Å². The molecule has 0 aliphatic heterocycles. The Kier molecular flexibility index (Phi) is 1.77. The second-order valence-corrected chi connectivity index (χ2v) is 5.50. The van der Waals surface area contributed by atoms with E-state index in [1.807, 2.05) is 11.3 Å². The Labute approximate surface area is 93.8 Å². The van der Waals surface area contributed by atoms with E-state index in [1.54, 1.807) is 0 Å². The summed E-state index contributed by atoms with van der Waals surface area (Å²) in [6, 6.07) is 4.43. The molecule has 0 unspecified atom stereocenters. The molecule has 1 aliphatic rings. The van der Waals surface area contributed by atoms with Gasteiger partial charge in [0, 0.05) is 16.9 Å². The maximum Gasteiger partial charge on any atom is 0.0904 e. The number of nitrogens with zero attached hydrogens (tertiary/aromatic N) is 1. The van der Waals surface area contributed by atoms with E-state index in [0.717, 1.165) is 6.42 Å². The Balaban J connectivity index is 2.29. The molecule has 2 heteroatoms. The first kappa shape index (κ1) is 9.10. The summed E-state index contributed by atoms with van der Waals surface area (Å²) in [5.74, 6) is 0. The molecule has 0 saturated carbocycles. The first-order valence-corrected chi connectivity index (χ1v) is 6.04. The van der Waals surface area contributed by atoms with Crippen molar-refractivity contribution in [2.24, 2.45) is 0 Å². The number of rotatable bonds is 0. The highest BCUT2D eigenvalue weighted by Gasteiger charge is 2.23. The molecule has 0 N–H and O–H groups in total. The largest absolute Gasteiger partial charge is 0.241 e. The molecule has 76 valence electrons. The smallest absolute Gasteiger partial charge is 0.0904 e. The van der Waals surface area contributed by atoms with Crippen LogP contribution in [0.25, 0.3) is 11.3 Å². The van der Waals surface area contributed by atoms with E-state index >= 15 is 0 Å². The second-order valence-electron chi connectivity index (χ2n) is 4.22. The summed E-state index contributed by atoms with van der Waals surface area (Å²) in [5, 5.41) is 1.18. The third-order valence-electron chi connectivity index (χ3n) is 3.27. The second kappa shape index (κ2) is 2.92. The quantitative estimate of drug-likeness (QED) is 0.558. The number of thiazole rings is 1. The van der Waals surface area contributed by atoms with Crippen LogP contribution < -0.4 is 0 Å². The number of fused-ring (bicyclic) bond motifs is 3. The maximum absolute atomic E-state index is 4.62. The summed E-state index contributed by atoms with van der Waals surface area (Å²) in [5.41, 5.74) is 6.91. The third-order valence-corrected chi connectivity index (χ3v) is 4.24. The zero-order valence-corrected chi connectivity index (χ0v) is 10.0. The van der Waals surface area contributed by atoms with Gasteiger partial charge < -0.3 is 0 Å². The van der Waals surface area contributed by atoms with Gasteiger partial charge in [-0.15, -0.1) is 11.3 Å². The summed E-state index contributed by atoms with van der Waals surface area (Å²) < 4.78 is 0. The molecule has 0 amide bonds. The summed E-state index contributed by atoms with van der Waals surface area (Å²) in [4.78, 5) is 6.06. The number of aromatic nitrogens is 1. The standard InChI is InChI=1S/C13H13NS/c1-7-4-5-10-11(8(7)2)6-12-13(10)14-9(3)15-12/h4-5H,6H2,1-3H3. The van der Waals surface area contributed by atoms with Gasteiger partial charge in [0.05, 0.1) is 10.7 Å². The van der Waals surface area contributed by atoms with E-state index in [2.05, 4.69) is 37.9 Å². The normalized spacial score (nSPS) is 12.7. The molecule has 0 bridgehead atoms. The SMILES string of the molecule is Cc1nc2c(s1)Cc1c-2ccc(C)c1C. The monoisotopic (exact) mass is 215 g/mol. The lowest BCUT2D eigenvalue weighted by Gasteiger charge is -2.06. The van der Waals surface area contributed by atoms with Crippen molar-refractivity contribution in [2.45, 2.75) is 27.2 Å². The van der Waals surface area contributed by atoms with E-state index in [-0.39, 0.29) is 0 Å². The average molecular weight is 215 g/mol. The van der Waals surface area contributed by atoms with Gasteiger partial charge >= 0.3 is 0 Å². The van der Waals surface area contributed by atoms with Gasteiger partial charge in [-0.1, -0.05) is 12.1 Å². The third kappa shape index (κ3) is 1.18. The highest BCUT2D eigenvalue weighted by molar-refractivity contribution is 7.12. The first-order chi connectivity index (χ1) is 7.16. The molecule has 0 spiro atoms. The fourth-order valence-electron chi connectivity index (χ4n) is 2.28. The minimum Gasteiger partial charge on any atom is -0.241 e. The topological polar surface area (TPSA) is 12.9 Å². The fourth-order valence-corrected chi connectivity index (χ4v) is 3.25. The molecule has 1 heterocycles. The highest BCUT2D eigenvalue weighted by Crippen LogP contribution is 2.41. The van der Waals surface area contributed by atoms with Gasteiger partial charge in [-0.3, -0.25) is 0 Å². The van der Waals surface area contributed by atoms with Crippen LogP contribution in [0.3, 0.4) is 0 Å². The van der Waals surface area contributed by atoms with Crippen molar-refractivity contribution in [3.8, 4) is 11.3 Å². The van der Waals surface area contributed by atoms with Crippen LogP contribution in [0, 0.1) is 20.8 Å². The van der Waals surface area contributed by atoms with Crippen LogP contribution in [-0.4, -0.2) is 4.98 Å². The van der Waals surface area contributed by atoms with Crippen LogP contribution in [-0.2, 0) is 6.42 Å². The lowest BCUT2D eigenvalue weighted by Crippen LogP contribution is -1.90. The van der Waals surface area contributed by atoms with Crippen molar-refractivity contribution in [3.63, 3.8) is 0 Å². The Hall–Kier alpha value is -1.15. The molecule has 1 aromatic carbocycles. The molecule has 0 atom stereocenters. The van der Waals surface area contributed by atoms with Gasteiger partial charge in [0.15, 0.2) is 0 Å². The average Bonchev–Trinajstić information content (AvgIpc) is 2.68. The van der Waals surface area contributed by atoms with Gasteiger partial charge in [0.2, 0.25) is 0 Å². The summed E-state index contributed by atoms with van der Waals surface area (Å²) in [7, 11) is 0. The molecular weight excluding hydrogens is 202 g/mol. The van der Waals surface area contributed by atoms with Crippen LogP contribution in [0.4, 0.5) is 0 Å². The summed E-state index contributed by atoms with van der Waals surface area (Å²) >= 11 is 1.84.